The molecule has 0 radical (unpaired) electrons. The van der Waals surface area contributed by atoms with E-state index >= 15 is 0 Å². The topological polar surface area (TPSA) is 45.6 Å². The monoisotopic (exact) mass is 361 g/mol. The molecule has 2 heterocycles. The number of hydrogen-bond donors (Lipinski definition) is 0. The van der Waals surface area contributed by atoms with E-state index in [1.807, 2.05) is 82.2 Å². The van der Waals surface area contributed by atoms with E-state index < -0.39 is 0 Å². The minimum atomic E-state index is 0.0435. The van der Waals surface area contributed by atoms with Crippen LogP contribution in [0.25, 0.3) is 10.9 Å². The summed E-state index contributed by atoms with van der Waals surface area (Å²) < 4.78 is 1.99. The second kappa shape index (κ2) is 7.27. The van der Waals surface area contributed by atoms with Gasteiger partial charge in [-0.25, -0.2) is 0 Å². The molecule has 5 heteroatoms. The summed E-state index contributed by atoms with van der Waals surface area (Å²) in [6.07, 6.45) is 2.32. The molecule has 1 saturated heterocycles. The fraction of sp³-hybridized carbons (Fsp3) is 0.273. The zero-order chi connectivity index (χ0) is 18.8. The van der Waals surface area contributed by atoms with Crippen LogP contribution in [0.1, 0.15) is 15.9 Å². The lowest BCUT2D eigenvalue weighted by Gasteiger charge is -2.34. The molecular formula is C22H23N3O2. The molecule has 27 heavy (non-hydrogen) atoms. The molecule has 0 unspecified atom stereocenters. The van der Waals surface area contributed by atoms with E-state index in [1.54, 1.807) is 0 Å². The predicted octanol–water partition coefficient (Wildman–Crippen LogP) is 2.71. The molecule has 2 aromatic carbocycles. The molecule has 1 aliphatic rings. The van der Waals surface area contributed by atoms with Gasteiger partial charge in [0.1, 0.15) is 0 Å². The summed E-state index contributed by atoms with van der Waals surface area (Å²) in [7, 11) is 1.96. The maximum Gasteiger partial charge on any atom is 0.256 e. The van der Waals surface area contributed by atoms with Crippen molar-refractivity contribution < 1.29 is 9.59 Å². The average molecular weight is 361 g/mol. The Morgan fingerprint density at radius 1 is 0.852 bits per heavy atom. The molecule has 1 fully saturated rings. The van der Waals surface area contributed by atoms with E-state index in [0.717, 1.165) is 22.0 Å². The minimum Gasteiger partial charge on any atom is -0.350 e. The molecule has 1 aliphatic heterocycles. The van der Waals surface area contributed by atoms with Gasteiger partial charge in [0.2, 0.25) is 5.91 Å². The Morgan fingerprint density at radius 2 is 1.48 bits per heavy atom. The standard InChI is InChI=1S/C22H23N3O2/c1-23-16-19(18-9-5-6-10-20(18)23)22(27)25-13-11-24(12-14-25)21(26)15-17-7-3-2-4-8-17/h2-10,16H,11-15H2,1H3. The molecule has 0 spiro atoms. The molecule has 0 aliphatic carbocycles. The van der Waals surface area contributed by atoms with Crippen molar-refractivity contribution in [3.63, 3.8) is 0 Å². The van der Waals surface area contributed by atoms with Gasteiger partial charge in [-0.1, -0.05) is 48.5 Å². The van der Waals surface area contributed by atoms with Crippen LogP contribution in [-0.2, 0) is 18.3 Å². The Bertz CT molecular complexity index is 970. The SMILES string of the molecule is Cn1cc(C(=O)N2CCN(C(=O)Cc3ccccc3)CC2)c2ccccc21. The number of carbonyl (C=O) groups is 2. The number of benzene rings is 2. The number of nitrogens with zero attached hydrogens (tertiary/aromatic N) is 3. The van der Waals surface area contributed by atoms with Crippen LogP contribution >= 0.6 is 0 Å². The van der Waals surface area contributed by atoms with Gasteiger partial charge in [0.25, 0.3) is 5.91 Å². The number of para-hydroxylation sites is 1. The van der Waals surface area contributed by atoms with E-state index in [4.69, 9.17) is 0 Å². The first-order valence-corrected chi connectivity index (χ1v) is 9.28. The van der Waals surface area contributed by atoms with E-state index in [1.165, 1.54) is 0 Å². The highest BCUT2D eigenvalue weighted by Gasteiger charge is 2.26. The van der Waals surface area contributed by atoms with Crippen molar-refractivity contribution in [3.8, 4) is 0 Å². The largest absolute Gasteiger partial charge is 0.350 e. The zero-order valence-corrected chi connectivity index (χ0v) is 15.5. The summed E-state index contributed by atoms with van der Waals surface area (Å²) in [6, 6.07) is 17.7. The number of carbonyl (C=O) groups excluding carboxylic acids is 2. The molecule has 3 aromatic rings. The van der Waals surface area contributed by atoms with Crippen molar-refractivity contribution in [2.24, 2.45) is 7.05 Å². The van der Waals surface area contributed by atoms with Gasteiger partial charge < -0.3 is 14.4 Å². The van der Waals surface area contributed by atoms with Crippen LogP contribution in [0.4, 0.5) is 0 Å². The van der Waals surface area contributed by atoms with E-state index in [0.29, 0.717) is 32.6 Å². The van der Waals surface area contributed by atoms with Gasteiger partial charge in [-0.05, 0) is 11.6 Å². The number of hydrogen-bond acceptors (Lipinski definition) is 2. The molecule has 2 amide bonds. The number of aryl methyl sites for hydroxylation is 1. The fourth-order valence-electron chi connectivity index (χ4n) is 3.72. The van der Waals surface area contributed by atoms with Crippen LogP contribution in [0.2, 0.25) is 0 Å². The molecular weight excluding hydrogens is 338 g/mol. The van der Waals surface area contributed by atoms with Gasteiger partial charge in [-0.3, -0.25) is 9.59 Å². The number of amides is 2. The molecule has 138 valence electrons. The van der Waals surface area contributed by atoms with Crippen LogP contribution in [0.5, 0.6) is 0 Å². The summed E-state index contributed by atoms with van der Waals surface area (Å²) in [5.74, 6) is 0.167. The number of aromatic nitrogens is 1. The van der Waals surface area contributed by atoms with Crippen LogP contribution in [-0.4, -0.2) is 52.4 Å². The third-order valence-electron chi connectivity index (χ3n) is 5.25. The summed E-state index contributed by atoms with van der Waals surface area (Å²) >= 11 is 0. The molecule has 0 N–H and O–H groups in total. The van der Waals surface area contributed by atoms with Gasteiger partial charge in [0, 0.05) is 50.3 Å². The highest BCUT2D eigenvalue weighted by molar-refractivity contribution is 6.07. The minimum absolute atomic E-state index is 0.0435. The third-order valence-corrected chi connectivity index (χ3v) is 5.25. The lowest BCUT2D eigenvalue weighted by Crippen LogP contribution is -2.51. The van der Waals surface area contributed by atoms with Crippen LogP contribution in [0, 0.1) is 0 Å². The number of piperazine rings is 1. The Hall–Kier alpha value is -3.08. The predicted molar refractivity (Wildman–Crippen MR) is 106 cm³/mol. The molecule has 4 rings (SSSR count). The van der Waals surface area contributed by atoms with Crippen molar-refractivity contribution in [2.45, 2.75) is 6.42 Å². The van der Waals surface area contributed by atoms with Crippen LogP contribution < -0.4 is 0 Å². The van der Waals surface area contributed by atoms with Crippen molar-refractivity contribution in [1.82, 2.24) is 14.4 Å². The Balaban J connectivity index is 1.41. The normalized spacial score (nSPS) is 14.6. The third kappa shape index (κ3) is 3.45. The van der Waals surface area contributed by atoms with Crippen molar-refractivity contribution in [2.75, 3.05) is 26.2 Å². The fourth-order valence-corrected chi connectivity index (χ4v) is 3.72. The van der Waals surface area contributed by atoms with Gasteiger partial charge in [-0.15, -0.1) is 0 Å². The van der Waals surface area contributed by atoms with E-state index in [-0.39, 0.29) is 11.8 Å². The van der Waals surface area contributed by atoms with Crippen molar-refractivity contribution >= 4 is 22.7 Å². The van der Waals surface area contributed by atoms with Gasteiger partial charge >= 0.3 is 0 Å². The summed E-state index contributed by atoms with van der Waals surface area (Å²) in [4.78, 5) is 29.2. The molecule has 0 atom stereocenters. The second-order valence-corrected chi connectivity index (χ2v) is 7.01. The smallest absolute Gasteiger partial charge is 0.256 e. The van der Waals surface area contributed by atoms with Gasteiger partial charge in [0.15, 0.2) is 0 Å². The average Bonchev–Trinajstić information content (AvgIpc) is 3.05. The molecule has 5 nitrogen and oxygen atoms in total. The van der Waals surface area contributed by atoms with E-state index in [2.05, 4.69) is 0 Å². The summed E-state index contributed by atoms with van der Waals surface area (Å²) in [6.45, 7) is 2.31. The number of rotatable bonds is 3. The first-order valence-electron chi connectivity index (χ1n) is 9.28. The first-order chi connectivity index (χ1) is 13.1. The quantitative estimate of drug-likeness (QED) is 0.720. The Labute approximate surface area is 158 Å². The van der Waals surface area contributed by atoms with Crippen LogP contribution in [0.15, 0.2) is 60.8 Å². The maximum absolute atomic E-state index is 13.0. The Kier molecular flexibility index (Phi) is 4.67. The van der Waals surface area contributed by atoms with Gasteiger partial charge in [-0.2, -0.15) is 0 Å². The lowest BCUT2D eigenvalue weighted by atomic mass is 10.1. The molecule has 0 saturated carbocycles. The number of fused-ring (bicyclic) bond motifs is 1. The Morgan fingerprint density at radius 3 is 2.22 bits per heavy atom. The highest BCUT2D eigenvalue weighted by atomic mass is 16.2. The summed E-state index contributed by atoms with van der Waals surface area (Å²) in [5, 5.41) is 0.979. The first kappa shape index (κ1) is 17.3. The lowest BCUT2D eigenvalue weighted by molar-refractivity contribution is -0.131. The van der Waals surface area contributed by atoms with E-state index in [9.17, 15) is 9.59 Å². The van der Waals surface area contributed by atoms with Crippen molar-refractivity contribution in [3.05, 3.63) is 71.9 Å². The molecule has 1 aromatic heterocycles. The zero-order valence-electron chi connectivity index (χ0n) is 15.5. The van der Waals surface area contributed by atoms with Crippen LogP contribution in [0.3, 0.4) is 0 Å². The van der Waals surface area contributed by atoms with Crippen molar-refractivity contribution in [1.29, 1.82) is 0 Å². The summed E-state index contributed by atoms with van der Waals surface area (Å²) in [5.41, 5.74) is 2.81. The van der Waals surface area contributed by atoms with Gasteiger partial charge in [0.05, 0.1) is 12.0 Å². The second-order valence-electron chi connectivity index (χ2n) is 7.01. The highest BCUT2D eigenvalue weighted by Crippen LogP contribution is 2.22. The maximum atomic E-state index is 13.0. The molecule has 0 bridgehead atoms.